The zero-order valence-electron chi connectivity index (χ0n) is 14.0. The topological polar surface area (TPSA) is 71.3 Å². The normalized spacial score (nSPS) is 15.5. The first-order valence-electron chi connectivity index (χ1n) is 8.51. The van der Waals surface area contributed by atoms with E-state index in [0.717, 1.165) is 54.9 Å². The van der Waals surface area contributed by atoms with Gasteiger partial charge in [0.2, 0.25) is 5.91 Å². The molecule has 128 valence electrons. The van der Waals surface area contributed by atoms with Crippen molar-refractivity contribution in [2.75, 3.05) is 26.3 Å². The fraction of sp³-hybridized carbons (Fsp3) is 0.250. The molecule has 3 N–H and O–H groups in total. The molecule has 0 bridgehead atoms. The minimum atomic E-state index is -0.407. The average molecular weight is 335 g/mol. The molecule has 2 aromatic carbocycles. The number of hydrogen-bond acceptors (Lipinski definition) is 3. The number of aromatic amines is 1. The van der Waals surface area contributed by atoms with Crippen LogP contribution in [0.25, 0.3) is 22.0 Å². The number of nitrogens with one attached hydrogen (secondary N) is 1. The summed E-state index contributed by atoms with van der Waals surface area (Å²) in [4.78, 5) is 17.3. The summed E-state index contributed by atoms with van der Waals surface area (Å²) in [6.07, 6.45) is 1.83. The number of hydrogen-bond donors (Lipinski definition) is 2. The Labute approximate surface area is 146 Å². The van der Waals surface area contributed by atoms with Gasteiger partial charge in [0.15, 0.2) is 0 Å². The van der Waals surface area contributed by atoms with E-state index in [1.165, 1.54) is 5.56 Å². The van der Waals surface area contributed by atoms with Gasteiger partial charge < -0.3 is 15.5 Å². The Bertz CT molecular complexity index is 893. The summed E-state index contributed by atoms with van der Waals surface area (Å²) in [7, 11) is 0. The Morgan fingerprint density at radius 1 is 1.08 bits per heavy atom. The Kier molecular flexibility index (Phi) is 4.26. The third kappa shape index (κ3) is 3.29. The Balaban J connectivity index is 1.61. The molecular formula is C20H21N3O2. The zero-order valence-corrected chi connectivity index (χ0v) is 14.0. The van der Waals surface area contributed by atoms with E-state index in [0.29, 0.717) is 5.56 Å². The summed E-state index contributed by atoms with van der Waals surface area (Å²) in [6.45, 7) is 4.51. The van der Waals surface area contributed by atoms with Crippen molar-refractivity contribution in [1.82, 2.24) is 9.88 Å². The maximum absolute atomic E-state index is 11.8. The van der Waals surface area contributed by atoms with Crippen LogP contribution < -0.4 is 5.73 Å². The van der Waals surface area contributed by atoms with Crippen LogP contribution in [-0.2, 0) is 11.3 Å². The molecule has 1 saturated heterocycles. The number of fused-ring (bicyclic) bond motifs is 1. The maximum atomic E-state index is 11.8. The van der Waals surface area contributed by atoms with Crippen LogP contribution in [-0.4, -0.2) is 42.1 Å². The predicted molar refractivity (Wildman–Crippen MR) is 98.3 cm³/mol. The number of amides is 1. The summed E-state index contributed by atoms with van der Waals surface area (Å²) < 4.78 is 5.39. The molecule has 1 aliphatic heterocycles. The van der Waals surface area contributed by atoms with E-state index < -0.39 is 5.91 Å². The van der Waals surface area contributed by atoms with Gasteiger partial charge in [0.25, 0.3) is 0 Å². The molecule has 0 radical (unpaired) electrons. The zero-order chi connectivity index (χ0) is 17.2. The van der Waals surface area contributed by atoms with Gasteiger partial charge >= 0.3 is 0 Å². The van der Waals surface area contributed by atoms with E-state index in [2.05, 4.69) is 40.2 Å². The van der Waals surface area contributed by atoms with Crippen molar-refractivity contribution in [3.05, 3.63) is 59.8 Å². The number of benzene rings is 2. The van der Waals surface area contributed by atoms with Crippen LogP contribution in [0.4, 0.5) is 0 Å². The molecular weight excluding hydrogens is 314 g/mol. The molecule has 0 atom stereocenters. The van der Waals surface area contributed by atoms with Crippen LogP contribution >= 0.6 is 0 Å². The Hall–Kier alpha value is -2.63. The molecule has 2 heterocycles. The molecule has 0 saturated carbocycles. The first-order chi connectivity index (χ1) is 12.2. The van der Waals surface area contributed by atoms with Crippen LogP contribution in [0.15, 0.2) is 48.7 Å². The molecule has 1 aromatic heterocycles. The van der Waals surface area contributed by atoms with Gasteiger partial charge in [0, 0.05) is 42.3 Å². The number of nitrogens with two attached hydrogens (primary N) is 1. The third-order valence-electron chi connectivity index (χ3n) is 4.73. The van der Waals surface area contributed by atoms with Crippen molar-refractivity contribution in [2.24, 2.45) is 5.73 Å². The van der Waals surface area contributed by atoms with Crippen molar-refractivity contribution in [3.8, 4) is 11.1 Å². The minimum Gasteiger partial charge on any atom is -0.379 e. The highest BCUT2D eigenvalue weighted by molar-refractivity contribution is 6.07. The summed E-state index contributed by atoms with van der Waals surface area (Å²) in [6, 6.07) is 14.3. The van der Waals surface area contributed by atoms with Crippen molar-refractivity contribution in [1.29, 1.82) is 0 Å². The molecule has 1 aliphatic rings. The minimum absolute atomic E-state index is 0.407. The fourth-order valence-corrected chi connectivity index (χ4v) is 3.36. The summed E-state index contributed by atoms with van der Waals surface area (Å²) in [5.41, 5.74) is 10.4. The first kappa shape index (κ1) is 15.9. The van der Waals surface area contributed by atoms with Crippen LogP contribution in [0.1, 0.15) is 15.9 Å². The van der Waals surface area contributed by atoms with Crippen LogP contribution in [0.2, 0.25) is 0 Å². The molecule has 1 fully saturated rings. The molecule has 3 aromatic rings. The second-order valence-electron chi connectivity index (χ2n) is 6.41. The lowest BCUT2D eigenvalue weighted by Crippen LogP contribution is -2.35. The maximum Gasteiger partial charge on any atom is 0.249 e. The third-order valence-corrected chi connectivity index (χ3v) is 4.73. The van der Waals surface area contributed by atoms with Crippen molar-refractivity contribution >= 4 is 16.8 Å². The van der Waals surface area contributed by atoms with Gasteiger partial charge in [0.05, 0.1) is 13.2 Å². The van der Waals surface area contributed by atoms with Gasteiger partial charge in [0.1, 0.15) is 0 Å². The van der Waals surface area contributed by atoms with Gasteiger partial charge in [-0.2, -0.15) is 0 Å². The molecule has 0 unspecified atom stereocenters. The Morgan fingerprint density at radius 2 is 1.84 bits per heavy atom. The molecule has 0 aliphatic carbocycles. The number of morpholine rings is 1. The van der Waals surface area contributed by atoms with Crippen LogP contribution in [0.5, 0.6) is 0 Å². The second kappa shape index (κ2) is 6.70. The SMILES string of the molecule is NC(=O)c1cc(-c2ccc(CN3CCOCC3)cc2)cc2[nH]ccc12. The van der Waals surface area contributed by atoms with Crippen molar-refractivity contribution in [3.63, 3.8) is 0 Å². The Morgan fingerprint density at radius 3 is 2.56 bits per heavy atom. The molecule has 25 heavy (non-hydrogen) atoms. The van der Waals surface area contributed by atoms with Gasteiger partial charge in [-0.3, -0.25) is 9.69 Å². The van der Waals surface area contributed by atoms with E-state index >= 15 is 0 Å². The lowest BCUT2D eigenvalue weighted by atomic mass is 9.99. The number of aromatic nitrogens is 1. The van der Waals surface area contributed by atoms with E-state index in [1.54, 1.807) is 0 Å². The van der Waals surface area contributed by atoms with Gasteiger partial charge in [-0.15, -0.1) is 0 Å². The van der Waals surface area contributed by atoms with Gasteiger partial charge in [-0.05, 0) is 34.9 Å². The lowest BCUT2D eigenvalue weighted by molar-refractivity contribution is 0.0342. The number of rotatable bonds is 4. The highest BCUT2D eigenvalue weighted by atomic mass is 16.5. The molecule has 1 amide bonds. The molecule has 4 rings (SSSR count). The number of carbonyl (C=O) groups is 1. The molecule has 5 heteroatoms. The second-order valence-corrected chi connectivity index (χ2v) is 6.41. The first-order valence-corrected chi connectivity index (χ1v) is 8.51. The van der Waals surface area contributed by atoms with Crippen molar-refractivity contribution in [2.45, 2.75) is 6.54 Å². The smallest absolute Gasteiger partial charge is 0.249 e. The largest absolute Gasteiger partial charge is 0.379 e. The number of primary amides is 1. The van der Waals surface area contributed by atoms with Gasteiger partial charge in [-0.25, -0.2) is 0 Å². The van der Waals surface area contributed by atoms with E-state index in [1.807, 2.05) is 18.3 Å². The monoisotopic (exact) mass is 335 g/mol. The highest BCUT2D eigenvalue weighted by Gasteiger charge is 2.12. The fourth-order valence-electron chi connectivity index (χ4n) is 3.36. The lowest BCUT2D eigenvalue weighted by Gasteiger charge is -2.26. The van der Waals surface area contributed by atoms with E-state index in [9.17, 15) is 4.79 Å². The summed E-state index contributed by atoms with van der Waals surface area (Å²) >= 11 is 0. The predicted octanol–water partition coefficient (Wildman–Crippen LogP) is 2.77. The van der Waals surface area contributed by atoms with Crippen LogP contribution in [0, 0.1) is 0 Å². The number of nitrogens with zero attached hydrogens (tertiary/aromatic N) is 1. The quantitative estimate of drug-likeness (QED) is 0.770. The van der Waals surface area contributed by atoms with E-state index in [-0.39, 0.29) is 0 Å². The molecule has 0 spiro atoms. The van der Waals surface area contributed by atoms with Crippen molar-refractivity contribution < 1.29 is 9.53 Å². The van der Waals surface area contributed by atoms with Crippen LogP contribution in [0.3, 0.4) is 0 Å². The van der Waals surface area contributed by atoms with Gasteiger partial charge in [-0.1, -0.05) is 24.3 Å². The summed E-state index contributed by atoms with van der Waals surface area (Å²) in [5.74, 6) is -0.407. The number of ether oxygens (including phenoxy) is 1. The highest BCUT2D eigenvalue weighted by Crippen LogP contribution is 2.27. The number of carbonyl (C=O) groups excluding carboxylic acids is 1. The summed E-state index contributed by atoms with van der Waals surface area (Å²) in [5, 5.41) is 0.861. The average Bonchev–Trinajstić information content (AvgIpc) is 3.11. The standard InChI is InChI=1S/C20H21N3O2/c21-20(24)18-11-16(12-19-17(18)5-6-22-19)15-3-1-14(2-4-15)13-23-7-9-25-10-8-23/h1-6,11-12,22H,7-10,13H2,(H2,21,24). The van der Waals surface area contributed by atoms with E-state index in [4.69, 9.17) is 10.5 Å². The number of H-pyrrole nitrogens is 1. The molecule has 5 nitrogen and oxygen atoms in total.